The summed E-state index contributed by atoms with van der Waals surface area (Å²) in [5.41, 5.74) is 3.62. The first-order chi connectivity index (χ1) is 10.1. The van der Waals surface area contributed by atoms with E-state index in [0.29, 0.717) is 12.5 Å². The number of halogens is 1. The Bertz CT molecular complexity index is 576. The standard InChI is InChI=1S/C18H21BrO2/c1-13(2)15-6-4-14(5-7-15)12-21-18-9-8-17(20-3)10-16(18)11-19/h4-10,13H,11-12H2,1-3H3. The molecule has 0 spiro atoms. The lowest BCUT2D eigenvalue weighted by molar-refractivity contribution is 0.303. The lowest BCUT2D eigenvalue weighted by atomic mass is 10.0. The molecule has 112 valence electrons. The van der Waals surface area contributed by atoms with Crippen LogP contribution in [0.25, 0.3) is 0 Å². The molecule has 0 unspecified atom stereocenters. The van der Waals surface area contributed by atoms with Gasteiger partial charge < -0.3 is 9.47 Å². The minimum absolute atomic E-state index is 0.557. The highest BCUT2D eigenvalue weighted by Gasteiger charge is 2.06. The molecule has 3 heteroatoms. The Morgan fingerprint density at radius 1 is 1.05 bits per heavy atom. The largest absolute Gasteiger partial charge is 0.497 e. The van der Waals surface area contributed by atoms with Gasteiger partial charge in [0.2, 0.25) is 0 Å². The molecule has 0 aromatic heterocycles. The molecule has 2 aromatic rings. The average molecular weight is 349 g/mol. The highest BCUT2D eigenvalue weighted by Crippen LogP contribution is 2.27. The molecule has 2 rings (SSSR count). The summed E-state index contributed by atoms with van der Waals surface area (Å²) >= 11 is 3.49. The molecule has 0 aliphatic heterocycles. The minimum atomic E-state index is 0.557. The smallest absolute Gasteiger partial charge is 0.124 e. The summed E-state index contributed by atoms with van der Waals surface area (Å²) in [6, 6.07) is 14.5. The number of alkyl halides is 1. The van der Waals surface area contributed by atoms with Crippen molar-refractivity contribution in [2.75, 3.05) is 7.11 Å². The van der Waals surface area contributed by atoms with E-state index < -0.39 is 0 Å². The molecule has 0 heterocycles. The van der Waals surface area contributed by atoms with Crippen molar-refractivity contribution in [3.8, 4) is 11.5 Å². The van der Waals surface area contributed by atoms with Crippen LogP contribution in [0.3, 0.4) is 0 Å². The Morgan fingerprint density at radius 3 is 2.33 bits per heavy atom. The van der Waals surface area contributed by atoms with E-state index in [0.717, 1.165) is 22.4 Å². The maximum absolute atomic E-state index is 5.93. The van der Waals surface area contributed by atoms with Gasteiger partial charge in [-0.25, -0.2) is 0 Å². The Labute approximate surface area is 135 Å². The van der Waals surface area contributed by atoms with Crippen LogP contribution in [0.1, 0.15) is 36.5 Å². The van der Waals surface area contributed by atoms with Crippen molar-refractivity contribution in [3.05, 3.63) is 59.2 Å². The number of benzene rings is 2. The van der Waals surface area contributed by atoms with Gasteiger partial charge in [0.1, 0.15) is 18.1 Å². The van der Waals surface area contributed by atoms with E-state index in [4.69, 9.17) is 9.47 Å². The number of methoxy groups -OCH3 is 1. The van der Waals surface area contributed by atoms with Gasteiger partial charge in [-0.1, -0.05) is 54.0 Å². The fourth-order valence-electron chi connectivity index (χ4n) is 2.09. The van der Waals surface area contributed by atoms with Gasteiger partial charge in [0, 0.05) is 10.9 Å². The van der Waals surface area contributed by atoms with Crippen molar-refractivity contribution in [1.82, 2.24) is 0 Å². The summed E-state index contributed by atoms with van der Waals surface area (Å²) in [7, 11) is 1.67. The Hall–Kier alpha value is -1.48. The Kier molecular flexibility index (Phi) is 5.68. The van der Waals surface area contributed by atoms with E-state index in [-0.39, 0.29) is 0 Å². The van der Waals surface area contributed by atoms with Gasteiger partial charge in [-0.2, -0.15) is 0 Å². The first kappa shape index (κ1) is 15.9. The summed E-state index contributed by atoms with van der Waals surface area (Å²) in [5.74, 6) is 2.29. The highest BCUT2D eigenvalue weighted by atomic mass is 79.9. The molecular formula is C18H21BrO2. The molecule has 0 N–H and O–H groups in total. The lowest BCUT2D eigenvalue weighted by Crippen LogP contribution is -1.99. The van der Waals surface area contributed by atoms with Crippen LogP contribution in [-0.2, 0) is 11.9 Å². The van der Waals surface area contributed by atoms with Gasteiger partial charge in [-0.3, -0.25) is 0 Å². The number of hydrogen-bond donors (Lipinski definition) is 0. The third-order valence-corrected chi connectivity index (χ3v) is 4.06. The zero-order valence-electron chi connectivity index (χ0n) is 12.7. The third-order valence-electron chi connectivity index (χ3n) is 3.45. The second-order valence-corrected chi connectivity index (χ2v) is 5.85. The van der Waals surface area contributed by atoms with Crippen molar-refractivity contribution in [1.29, 1.82) is 0 Å². The van der Waals surface area contributed by atoms with Crippen molar-refractivity contribution >= 4 is 15.9 Å². The fraction of sp³-hybridized carbons (Fsp3) is 0.333. The van der Waals surface area contributed by atoms with Crippen LogP contribution in [-0.4, -0.2) is 7.11 Å². The predicted molar refractivity (Wildman–Crippen MR) is 90.5 cm³/mol. The van der Waals surface area contributed by atoms with Crippen LogP contribution in [0.2, 0.25) is 0 Å². The zero-order valence-corrected chi connectivity index (χ0v) is 14.3. The van der Waals surface area contributed by atoms with Crippen LogP contribution in [0.15, 0.2) is 42.5 Å². The molecule has 2 aromatic carbocycles. The molecule has 0 amide bonds. The first-order valence-corrected chi connectivity index (χ1v) is 8.20. The van der Waals surface area contributed by atoms with Crippen LogP contribution >= 0.6 is 15.9 Å². The summed E-state index contributed by atoms with van der Waals surface area (Å²) in [6.07, 6.45) is 0. The van der Waals surface area contributed by atoms with Crippen LogP contribution in [0.4, 0.5) is 0 Å². The normalized spacial score (nSPS) is 10.7. The molecule has 0 fully saturated rings. The summed E-state index contributed by atoms with van der Waals surface area (Å²) < 4.78 is 11.2. The van der Waals surface area contributed by atoms with E-state index in [2.05, 4.69) is 54.0 Å². The van der Waals surface area contributed by atoms with Crippen molar-refractivity contribution in [3.63, 3.8) is 0 Å². The SMILES string of the molecule is COc1ccc(OCc2ccc(C(C)C)cc2)c(CBr)c1. The molecular weight excluding hydrogens is 328 g/mol. The lowest BCUT2D eigenvalue weighted by Gasteiger charge is -2.12. The van der Waals surface area contributed by atoms with Crippen molar-refractivity contribution in [2.45, 2.75) is 31.7 Å². The Morgan fingerprint density at radius 2 is 1.76 bits per heavy atom. The van der Waals surface area contributed by atoms with E-state index >= 15 is 0 Å². The molecule has 0 aliphatic rings. The van der Waals surface area contributed by atoms with Crippen molar-refractivity contribution < 1.29 is 9.47 Å². The average Bonchev–Trinajstić information content (AvgIpc) is 2.53. The molecule has 0 radical (unpaired) electrons. The summed E-state index contributed by atoms with van der Waals surface area (Å²) in [5, 5.41) is 0.742. The zero-order chi connectivity index (χ0) is 15.2. The van der Waals surface area contributed by atoms with Gasteiger partial charge in [-0.15, -0.1) is 0 Å². The summed E-state index contributed by atoms with van der Waals surface area (Å²) in [4.78, 5) is 0. The van der Waals surface area contributed by atoms with Crippen LogP contribution < -0.4 is 9.47 Å². The minimum Gasteiger partial charge on any atom is -0.497 e. The van der Waals surface area contributed by atoms with E-state index in [9.17, 15) is 0 Å². The molecule has 0 saturated heterocycles. The number of ether oxygens (including phenoxy) is 2. The van der Waals surface area contributed by atoms with E-state index in [1.807, 2.05) is 18.2 Å². The van der Waals surface area contributed by atoms with Gasteiger partial charge in [0.15, 0.2) is 0 Å². The van der Waals surface area contributed by atoms with E-state index in [1.54, 1.807) is 7.11 Å². The third kappa shape index (κ3) is 4.24. The quantitative estimate of drug-likeness (QED) is 0.660. The maximum Gasteiger partial charge on any atom is 0.124 e. The highest BCUT2D eigenvalue weighted by molar-refractivity contribution is 9.08. The maximum atomic E-state index is 5.93. The topological polar surface area (TPSA) is 18.5 Å². The van der Waals surface area contributed by atoms with Gasteiger partial charge in [0.05, 0.1) is 7.11 Å². The molecule has 0 aliphatic carbocycles. The van der Waals surface area contributed by atoms with E-state index in [1.165, 1.54) is 11.1 Å². The number of hydrogen-bond acceptors (Lipinski definition) is 2. The van der Waals surface area contributed by atoms with Crippen LogP contribution in [0, 0.1) is 0 Å². The molecule has 0 bridgehead atoms. The van der Waals surface area contributed by atoms with Gasteiger partial charge in [0.25, 0.3) is 0 Å². The predicted octanol–water partition coefficient (Wildman–Crippen LogP) is 5.29. The monoisotopic (exact) mass is 348 g/mol. The van der Waals surface area contributed by atoms with Crippen LogP contribution in [0.5, 0.6) is 11.5 Å². The second kappa shape index (κ2) is 7.51. The molecule has 2 nitrogen and oxygen atoms in total. The Balaban J connectivity index is 2.05. The number of rotatable bonds is 6. The fourth-order valence-corrected chi connectivity index (χ4v) is 2.53. The summed E-state index contributed by atoms with van der Waals surface area (Å²) in [6.45, 7) is 4.97. The second-order valence-electron chi connectivity index (χ2n) is 5.29. The first-order valence-electron chi connectivity index (χ1n) is 7.08. The molecule has 0 atom stereocenters. The molecule has 0 saturated carbocycles. The molecule has 21 heavy (non-hydrogen) atoms. The van der Waals surface area contributed by atoms with Gasteiger partial charge >= 0.3 is 0 Å². The van der Waals surface area contributed by atoms with Gasteiger partial charge in [-0.05, 0) is 35.2 Å². The van der Waals surface area contributed by atoms with Crippen molar-refractivity contribution in [2.24, 2.45) is 0 Å².